The van der Waals surface area contributed by atoms with Crippen molar-refractivity contribution in [1.29, 1.82) is 0 Å². The van der Waals surface area contributed by atoms with Gasteiger partial charge in [0.25, 0.3) is 5.69 Å². The van der Waals surface area contributed by atoms with Gasteiger partial charge in [0, 0.05) is 31.1 Å². The summed E-state index contributed by atoms with van der Waals surface area (Å²) in [5, 5.41) is 13.8. The Balaban J connectivity index is 1.66. The van der Waals surface area contributed by atoms with E-state index in [0.717, 1.165) is 5.56 Å². The Kier molecular flexibility index (Phi) is 5.19. The van der Waals surface area contributed by atoms with Crippen molar-refractivity contribution >= 4 is 17.7 Å². The van der Waals surface area contributed by atoms with Crippen molar-refractivity contribution in [2.75, 3.05) is 0 Å². The molecule has 2 heterocycles. The molecule has 0 bridgehead atoms. The highest BCUT2D eigenvalue weighted by molar-refractivity contribution is 5.91. The van der Waals surface area contributed by atoms with Gasteiger partial charge in [-0.2, -0.15) is 0 Å². The van der Waals surface area contributed by atoms with Gasteiger partial charge in [-0.25, -0.2) is 0 Å². The lowest BCUT2D eigenvalue weighted by Crippen LogP contribution is -2.20. The number of rotatable bonds is 6. The van der Waals surface area contributed by atoms with Crippen molar-refractivity contribution in [2.24, 2.45) is 0 Å². The van der Waals surface area contributed by atoms with Crippen LogP contribution in [0, 0.1) is 10.1 Å². The topological polar surface area (TPSA) is 98.3 Å². The molecule has 2 aromatic heterocycles. The summed E-state index contributed by atoms with van der Waals surface area (Å²) in [6.45, 7) is 0.372. The standard InChI is InChI=1S/C19H15N3O4/c23-19(21-13-14-4-3-11-20-12-14)10-8-15-7-9-18(26-15)16-5-1-2-6-17(16)22(24)25/h1-12H,13H2,(H,21,23)/b10-8+. The van der Waals surface area contributed by atoms with E-state index in [4.69, 9.17) is 4.42 Å². The van der Waals surface area contributed by atoms with E-state index in [1.54, 1.807) is 48.8 Å². The average molecular weight is 349 g/mol. The number of nitrogens with one attached hydrogen (secondary N) is 1. The number of carbonyl (C=O) groups excluding carboxylic acids is 1. The van der Waals surface area contributed by atoms with E-state index in [9.17, 15) is 14.9 Å². The first-order valence-electron chi connectivity index (χ1n) is 7.82. The van der Waals surface area contributed by atoms with Crippen LogP contribution in [0.4, 0.5) is 5.69 Å². The van der Waals surface area contributed by atoms with E-state index in [2.05, 4.69) is 10.3 Å². The van der Waals surface area contributed by atoms with Crippen molar-refractivity contribution in [3.05, 3.63) is 88.4 Å². The molecular weight excluding hydrogens is 334 g/mol. The summed E-state index contributed by atoms with van der Waals surface area (Å²) in [7, 11) is 0. The lowest BCUT2D eigenvalue weighted by atomic mass is 10.1. The van der Waals surface area contributed by atoms with E-state index in [0.29, 0.717) is 23.6 Å². The first kappa shape index (κ1) is 17.1. The van der Waals surface area contributed by atoms with Crippen molar-refractivity contribution in [3.8, 4) is 11.3 Å². The van der Waals surface area contributed by atoms with Crippen LogP contribution in [0.2, 0.25) is 0 Å². The summed E-state index contributed by atoms with van der Waals surface area (Å²) in [5.74, 6) is 0.514. The number of hydrogen-bond acceptors (Lipinski definition) is 5. The molecule has 3 rings (SSSR count). The molecule has 0 saturated heterocycles. The second-order valence-electron chi connectivity index (χ2n) is 5.39. The van der Waals surface area contributed by atoms with Crippen LogP contribution in [0.3, 0.4) is 0 Å². The fourth-order valence-corrected chi connectivity index (χ4v) is 2.34. The maximum atomic E-state index is 11.9. The van der Waals surface area contributed by atoms with Crippen LogP contribution in [-0.2, 0) is 11.3 Å². The molecule has 1 amide bonds. The molecule has 0 aliphatic rings. The van der Waals surface area contributed by atoms with E-state index >= 15 is 0 Å². The van der Waals surface area contributed by atoms with Crippen molar-refractivity contribution in [3.63, 3.8) is 0 Å². The van der Waals surface area contributed by atoms with Crippen molar-refractivity contribution < 1.29 is 14.1 Å². The highest BCUT2D eigenvalue weighted by atomic mass is 16.6. The van der Waals surface area contributed by atoms with Gasteiger partial charge in [-0.15, -0.1) is 0 Å². The maximum Gasteiger partial charge on any atom is 0.280 e. The van der Waals surface area contributed by atoms with Crippen LogP contribution < -0.4 is 5.32 Å². The lowest BCUT2D eigenvalue weighted by molar-refractivity contribution is -0.384. The first-order chi connectivity index (χ1) is 12.6. The number of nitro benzene ring substituents is 1. The number of benzene rings is 1. The van der Waals surface area contributed by atoms with Gasteiger partial charge in [0.2, 0.25) is 5.91 Å². The van der Waals surface area contributed by atoms with Crippen LogP contribution in [0.1, 0.15) is 11.3 Å². The monoisotopic (exact) mass is 349 g/mol. The number of nitrogens with zero attached hydrogens (tertiary/aromatic N) is 2. The predicted octanol–water partition coefficient (Wildman–Crippen LogP) is 3.58. The molecule has 1 aromatic carbocycles. The van der Waals surface area contributed by atoms with Gasteiger partial charge >= 0.3 is 0 Å². The molecule has 0 spiro atoms. The average Bonchev–Trinajstić information content (AvgIpc) is 3.14. The first-order valence-corrected chi connectivity index (χ1v) is 7.82. The Bertz CT molecular complexity index is 948. The molecule has 0 atom stereocenters. The summed E-state index contributed by atoms with van der Waals surface area (Å²) in [6.07, 6.45) is 6.20. The lowest BCUT2D eigenvalue weighted by Gasteiger charge is -2.01. The van der Waals surface area contributed by atoms with Crippen LogP contribution in [0.5, 0.6) is 0 Å². The molecule has 0 aliphatic heterocycles. The Morgan fingerprint density at radius 2 is 2.04 bits per heavy atom. The maximum absolute atomic E-state index is 11.9. The molecule has 0 fully saturated rings. The van der Waals surface area contributed by atoms with E-state index < -0.39 is 4.92 Å². The molecule has 26 heavy (non-hydrogen) atoms. The van der Waals surface area contributed by atoms with Gasteiger partial charge in [-0.1, -0.05) is 18.2 Å². The summed E-state index contributed by atoms with van der Waals surface area (Å²) >= 11 is 0. The highest BCUT2D eigenvalue weighted by Gasteiger charge is 2.16. The number of para-hydroxylation sites is 1. The van der Waals surface area contributed by atoms with Crippen LogP contribution in [-0.4, -0.2) is 15.8 Å². The number of pyridine rings is 1. The fraction of sp³-hybridized carbons (Fsp3) is 0.0526. The van der Waals surface area contributed by atoms with Crippen LogP contribution >= 0.6 is 0 Å². The molecule has 0 radical (unpaired) electrons. The van der Waals surface area contributed by atoms with E-state index in [1.165, 1.54) is 18.2 Å². The van der Waals surface area contributed by atoms with Crippen molar-refractivity contribution in [2.45, 2.75) is 6.54 Å². The number of amides is 1. The molecular formula is C19H15N3O4. The van der Waals surface area contributed by atoms with Gasteiger partial charge in [0.15, 0.2) is 0 Å². The number of carbonyl (C=O) groups is 1. The molecule has 3 aromatic rings. The SMILES string of the molecule is O=C(/C=C/c1ccc(-c2ccccc2[N+](=O)[O-])o1)NCc1cccnc1. The minimum absolute atomic E-state index is 0.0356. The Labute approximate surface area is 149 Å². The zero-order valence-corrected chi connectivity index (χ0v) is 13.7. The van der Waals surface area contributed by atoms with Crippen LogP contribution in [0.15, 0.2) is 71.4 Å². The molecule has 1 N–H and O–H groups in total. The quantitative estimate of drug-likeness (QED) is 0.417. The fourth-order valence-electron chi connectivity index (χ4n) is 2.34. The van der Waals surface area contributed by atoms with Gasteiger partial charge in [-0.05, 0) is 35.9 Å². The summed E-state index contributed by atoms with van der Waals surface area (Å²) < 4.78 is 5.59. The zero-order valence-electron chi connectivity index (χ0n) is 13.7. The third kappa shape index (κ3) is 4.21. The van der Waals surface area contributed by atoms with Gasteiger partial charge in [0.05, 0.1) is 10.5 Å². The normalized spacial score (nSPS) is 10.8. The van der Waals surface area contributed by atoms with Crippen molar-refractivity contribution in [1.82, 2.24) is 10.3 Å². The minimum atomic E-state index is -0.459. The number of hydrogen-bond donors (Lipinski definition) is 1. The second-order valence-corrected chi connectivity index (χ2v) is 5.39. The Hall–Kier alpha value is -3.74. The third-order valence-electron chi connectivity index (χ3n) is 3.58. The molecule has 7 heteroatoms. The molecule has 0 unspecified atom stereocenters. The summed E-state index contributed by atoms with van der Waals surface area (Å²) in [6, 6.07) is 13.3. The molecule has 7 nitrogen and oxygen atoms in total. The largest absolute Gasteiger partial charge is 0.456 e. The molecule has 130 valence electrons. The zero-order chi connectivity index (χ0) is 18.4. The number of furan rings is 1. The number of nitro groups is 1. The van der Waals surface area contributed by atoms with Gasteiger partial charge in [-0.3, -0.25) is 19.9 Å². The molecule has 0 aliphatic carbocycles. The summed E-state index contributed by atoms with van der Waals surface area (Å²) in [5.41, 5.74) is 1.25. The Morgan fingerprint density at radius 1 is 1.19 bits per heavy atom. The van der Waals surface area contributed by atoms with E-state index in [-0.39, 0.29) is 11.6 Å². The molecule has 0 saturated carbocycles. The van der Waals surface area contributed by atoms with Crippen LogP contribution in [0.25, 0.3) is 17.4 Å². The highest BCUT2D eigenvalue weighted by Crippen LogP contribution is 2.31. The smallest absolute Gasteiger partial charge is 0.280 e. The minimum Gasteiger partial charge on any atom is -0.456 e. The number of aromatic nitrogens is 1. The van der Waals surface area contributed by atoms with Gasteiger partial charge in [0.1, 0.15) is 11.5 Å². The summed E-state index contributed by atoms with van der Waals surface area (Å²) in [4.78, 5) is 26.5. The second kappa shape index (κ2) is 7.89. The van der Waals surface area contributed by atoms with E-state index in [1.807, 2.05) is 6.07 Å². The predicted molar refractivity (Wildman–Crippen MR) is 95.9 cm³/mol. The van der Waals surface area contributed by atoms with Gasteiger partial charge < -0.3 is 9.73 Å². The third-order valence-corrected chi connectivity index (χ3v) is 3.58. The Morgan fingerprint density at radius 3 is 2.81 bits per heavy atom.